The summed E-state index contributed by atoms with van der Waals surface area (Å²) in [5.74, 6) is 0. The van der Waals surface area contributed by atoms with Crippen molar-refractivity contribution in [2.45, 2.75) is 0 Å². The molecule has 1 N–H and O–H groups in total. The number of hydrogen-bond acceptors (Lipinski definition) is 5. The summed E-state index contributed by atoms with van der Waals surface area (Å²) in [5, 5.41) is 13.3. The van der Waals surface area contributed by atoms with E-state index in [2.05, 4.69) is 11.4 Å². The van der Waals surface area contributed by atoms with Crippen LogP contribution in [0.1, 0.15) is 0 Å². The zero-order valence-corrected chi connectivity index (χ0v) is 13.5. The number of anilines is 1. The summed E-state index contributed by atoms with van der Waals surface area (Å²) < 4.78 is 0.665. The van der Waals surface area contributed by atoms with Crippen LogP contribution in [0.2, 0.25) is 0 Å². The molecule has 0 aromatic heterocycles. The van der Waals surface area contributed by atoms with Crippen molar-refractivity contribution in [3.05, 3.63) is 40.3 Å². The molecule has 0 radical (unpaired) electrons. The average molecular weight is 309 g/mol. The molecule has 1 aromatic carbocycles. The quantitative estimate of drug-likeness (QED) is 0.675. The number of nitrogens with zero attached hydrogens (tertiary/aromatic N) is 2. The minimum Gasteiger partial charge on any atom is -0.363 e. The normalized spacial score (nSPS) is 11.3. The Morgan fingerprint density at radius 3 is 2.42 bits per heavy atom. The van der Waals surface area contributed by atoms with Crippen LogP contribution in [0.5, 0.6) is 0 Å². The molecule has 0 atom stereocenters. The fourth-order valence-electron chi connectivity index (χ4n) is 1.15. The number of rotatable bonds is 4. The van der Waals surface area contributed by atoms with Crippen molar-refractivity contribution in [2.75, 3.05) is 25.7 Å². The summed E-state index contributed by atoms with van der Waals surface area (Å²) in [6, 6.07) is 12.0. The van der Waals surface area contributed by atoms with E-state index < -0.39 is 0 Å². The lowest BCUT2D eigenvalue weighted by Crippen LogP contribution is -2.16. The molecule has 0 saturated heterocycles. The molecule has 19 heavy (non-hydrogen) atoms. The van der Waals surface area contributed by atoms with E-state index in [9.17, 15) is 5.26 Å². The Balaban J connectivity index is 2.93. The predicted octanol–water partition coefficient (Wildman–Crippen LogP) is 3.73. The number of benzene rings is 1. The van der Waals surface area contributed by atoms with Crippen LogP contribution >= 0.6 is 35.7 Å². The second-order valence-electron chi connectivity index (χ2n) is 3.73. The molecule has 0 aliphatic carbocycles. The van der Waals surface area contributed by atoms with Crippen LogP contribution in [0, 0.1) is 11.3 Å². The Morgan fingerprint density at radius 1 is 1.32 bits per heavy atom. The van der Waals surface area contributed by atoms with Crippen molar-refractivity contribution in [2.24, 2.45) is 0 Å². The van der Waals surface area contributed by atoms with Crippen LogP contribution in [0.3, 0.4) is 0 Å². The lowest BCUT2D eigenvalue weighted by Gasteiger charge is -2.14. The third-order valence-electron chi connectivity index (χ3n) is 2.10. The van der Waals surface area contributed by atoms with E-state index in [1.54, 1.807) is 0 Å². The highest BCUT2D eigenvalue weighted by atomic mass is 32.2. The lowest BCUT2D eigenvalue weighted by molar-refractivity contribution is 0.648. The third-order valence-corrected chi connectivity index (χ3v) is 4.60. The average Bonchev–Trinajstić information content (AvgIpc) is 2.43. The molecule has 1 rings (SSSR count). The van der Waals surface area contributed by atoms with Gasteiger partial charge >= 0.3 is 0 Å². The van der Waals surface area contributed by atoms with Gasteiger partial charge in [0.1, 0.15) is 15.3 Å². The molecule has 0 unspecified atom stereocenters. The van der Waals surface area contributed by atoms with Crippen LogP contribution in [-0.2, 0) is 0 Å². The van der Waals surface area contributed by atoms with Crippen molar-refractivity contribution in [1.29, 1.82) is 5.26 Å². The Labute approximate surface area is 128 Å². The maximum absolute atomic E-state index is 9.28. The van der Waals surface area contributed by atoms with E-state index in [-0.39, 0.29) is 0 Å². The van der Waals surface area contributed by atoms with E-state index in [4.69, 9.17) is 12.2 Å². The molecule has 0 fully saturated rings. The zero-order chi connectivity index (χ0) is 14.3. The summed E-state index contributed by atoms with van der Waals surface area (Å²) in [6.07, 6.45) is 1.93. The molecule has 0 heterocycles. The molecule has 0 aliphatic rings. The summed E-state index contributed by atoms with van der Waals surface area (Å²) in [5.41, 5.74) is 0.955. The lowest BCUT2D eigenvalue weighted by atomic mass is 10.3. The Bertz CT molecular complexity index is 504. The SMILES string of the molecule is CS/C(Nc1ccccc1)=C(/C#N)SC(=S)N(C)C. The molecule has 0 saturated carbocycles. The minimum absolute atomic E-state index is 0.579. The molecule has 0 spiro atoms. The summed E-state index contributed by atoms with van der Waals surface area (Å²) >= 11 is 8.01. The highest BCUT2D eigenvalue weighted by Crippen LogP contribution is 2.28. The number of thioether (sulfide) groups is 2. The highest BCUT2D eigenvalue weighted by molar-refractivity contribution is 8.26. The Kier molecular flexibility index (Phi) is 6.78. The van der Waals surface area contributed by atoms with Crippen LogP contribution in [0.15, 0.2) is 40.3 Å². The van der Waals surface area contributed by atoms with Gasteiger partial charge in [-0.05, 0) is 30.2 Å². The number of para-hydroxylation sites is 1. The number of nitriles is 1. The van der Waals surface area contributed by atoms with E-state index in [1.807, 2.05) is 55.6 Å². The second-order valence-corrected chi connectivity index (χ2v) is 6.19. The number of thiocarbonyl (C=S) groups is 1. The number of allylic oxidation sites excluding steroid dienone is 1. The van der Waals surface area contributed by atoms with E-state index >= 15 is 0 Å². The van der Waals surface area contributed by atoms with Gasteiger partial charge in [-0.3, -0.25) is 0 Å². The van der Waals surface area contributed by atoms with Crippen molar-refractivity contribution in [3.8, 4) is 6.07 Å². The van der Waals surface area contributed by atoms with Crippen LogP contribution in [0.25, 0.3) is 0 Å². The van der Waals surface area contributed by atoms with Crippen molar-refractivity contribution in [3.63, 3.8) is 0 Å². The molecule has 0 amide bonds. The van der Waals surface area contributed by atoms with E-state index in [0.717, 1.165) is 10.7 Å². The van der Waals surface area contributed by atoms with Gasteiger partial charge in [-0.1, -0.05) is 30.4 Å². The zero-order valence-electron chi connectivity index (χ0n) is 11.0. The smallest absolute Gasteiger partial charge is 0.141 e. The van der Waals surface area contributed by atoms with Gasteiger partial charge < -0.3 is 10.2 Å². The second kappa shape index (κ2) is 8.10. The van der Waals surface area contributed by atoms with Gasteiger partial charge in [0.25, 0.3) is 0 Å². The molecule has 0 aliphatic heterocycles. The van der Waals surface area contributed by atoms with Gasteiger partial charge in [0.05, 0.1) is 5.03 Å². The predicted molar refractivity (Wildman–Crippen MR) is 90.1 cm³/mol. The maximum atomic E-state index is 9.28. The Hall–Kier alpha value is -1.16. The standard InChI is InChI=1S/C13H15N3S3/c1-16(2)13(17)19-11(9-14)12(18-3)15-10-7-5-4-6-8-10/h4-8,15H,1-3H3/b12-11-. The molecule has 1 aromatic rings. The van der Waals surface area contributed by atoms with Crippen LogP contribution in [0.4, 0.5) is 5.69 Å². The first kappa shape index (κ1) is 15.9. The minimum atomic E-state index is 0.579. The van der Waals surface area contributed by atoms with Crippen molar-refractivity contribution >= 4 is 45.7 Å². The maximum Gasteiger partial charge on any atom is 0.141 e. The van der Waals surface area contributed by atoms with Crippen LogP contribution in [-0.4, -0.2) is 29.6 Å². The fourth-order valence-corrected chi connectivity index (χ4v) is 2.77. The largest absolute Gasteiger partial charge is 0.363 e. The first-order valence-corrected chi connectivity index (χ1v) is 7.93. The number of nitrogens with one attached hydrogen (secondary N) is 1. The van der Waals surface area contributed by atoms with Gasteiger partial charge in [0, 0.05) is 19.8 Å². The fraction of sp³-hybridized carbons (Fsp3) is 0.231. The van der Waals surface area contributed by atoms with Crippen molar-refractivity contribution in [1.82, 2.24) is 4.90 Å². The molecule has 6 heteroatoms. The summed E-state index contributed by atoms with van der Waals surface area (Å²) in [4.78, 5) is 2.40. The number of hydrogen-bond donors (Lipinski definition) is 1. The topological polar surface area (TPSA) is 39.1 Å². The molecular weight excluding hydrogens is 294 g/mol. The molecular formula is C13H15N3S3. The van der Waals surface area contributed by atoms with Gasteiger partial charge in [0.15, 0.2) is 0 Å². The third kappa shape index (κ3) is 5.15. The van der Waals surface area contributed by atoms with E-state index in [1.165, 1.54) is 23.5 Å². The van der Waals surface area contributed by atoms with Crippen molar-refractivity contribution < 1.29 is 0 Å². The monoisotopic (exact) mass is 309 g/mol. The summed E-state index contributed by atoms with van der Waals surface area (Å²) in [6.45, 7) is 0. The first-order valence-electron chi connectivity index (χ1n) is 5.48. The van der Waals surface area contributed by atoms with E-state index in [0.29, 0.717) is 9.23 Å². The Morgan fingerprint density at radius 2 is 1.95 bits per heavy atom. The van der Waals surface area contributed by atoms with Gasteiger partial charge in [0.2, 0.25) is 0 Å². The van der Waals surface area contributed by atoms with Gasteiger partial charge in [-0.25, -0.2) is 0 Å². The summed E-state index contributed by atoms with van der Waals surface area (Å²) in [7, 11) is 3.74. The molecule has 100 valence electrons. The highest BCUT2D eigenvalue weighted by Gasteiger charge is 2.11. The molecule has 0 bridgehead atoms. The van der Waals surface area contributed by atoms with Gasteiger partial charge in [-0.15, -0.1) is 11.8 Å². The molecule has 3 nitrogen and oxygen atoms in total. The van der Waals surface area contributed by atoms with Gasteiger partial charge in [-0.2, -0.15) is 5.26 Å². The first-order chi connectivity index (χ1) is 9.08. The van der Waals surface area contributed by atoms with Crippen LogP contribution < -0.4 is 5.32 Å².